The van der Waals surface area contributed by atoms with Gasteiger partial charge in [0.15, 0.2) is 0 Å². The number of carbonyl (C=O) groups is 1. The highest BCUT2D eigenvalue weighted by molar-refractivity contribution is 6.17. The standard InChI is InChI=1S/C17H28ClNO/c1-15-7-13-8-16(2,10-15)12-17(9-13,11-15)19-14(20)5-3-4-6-18/h13H,3-12H2,1-2H3,(H,19,20)/t13?,15-,16+,17?. The number of amides is 1. The summed E-state index contributed by atoms with van der Waals surface area (Å²) < 4.78 is 0. The van der Waals surface area contributed by atoms with Crippen molar-refractivity contribution in [1.29, 1.82) is 0 Å². The van der Waals surface area contributed by atoms with E-state index >= 15 is 0 Å². The summed E-state index contributed by atoms with van der Waals surface area (Å²) in [7, 11) is 0. The summed E-state index contributed by atoms with van der Waals surface area (Å²) in [6, 6.07) is 0. The summed E-state index contributed by atoms with van der Waals surface area (Å²) in [4.78, 5) is 12.3. The minimum absolute atomic E-state index is 0.112. The lowest BCUT2D eigenvalue weighted by Gasteiger charge is -2.65. The van der Waals surface area contributed by atoms with Crippen molar-refractivity contribution in [2.75, 3.05) is 5.88 Å². The van der Waals surface area contributed by atoms with Crippen molar-refractivity contribution in [3.8, 4) is 0 Å². The quantitative estimate of drug-likeness (QED) is 0.596. The van der Waals surface area contributed by atoms with E-state index in [2.05, 4.69) is 19.2 Å². The van der Waals surface area contributed by atoms with Crippen LogP contribution < -0.4 is 5.32 Å². The molecule has 4 fully saturated rings. The lowest BCUT2D eigenvalue weighted by atomic mass is 9.43. The van der Waals surface area contributed by atoms with Crippen molar-refractivity contribution < 1.29 is 4.79 Å². The fraction of sp³-hybridized carbons (Fsp3) is 0.941. The number of alkyl halides is 1. The molecule has 4 bridgehead atoms. The minimum Gasteiger partial charge on any atom is -0.351 e. The lowest BCUT2D eigenvalue weighted by Crippen LogP contribution is -2.65. The molecule has 4 aliphatic carbocycles. The van der Waals surface area contributed by atoms with Crippen LogP contribution >= 0.6 is 11.6 Å². The SMILES string of the molecule is C[C@]12CC3CC(NC(=O)CCCCCl)(C1)C[C@@](C)(C3)C2. The molecule has 0 heterocycles. The fourth-order valence-corrected chi connectivity index (χ4v) is 6.51. The molecule has 114 valence electrons. The van der Waals surface area contributed by atoms with Gasteiger partial charge in [-0.1, -0.05) is 13.8 Å². The molecule has 2 unspecified atom stereocenters. The van der Waals surface area contributed by atoms with Gasteiger partial charge in [0.25, 0.3) is 0 Å². The second kappa shape index (κ2) is 4.90. The maximum absolute atomic E-state index is 12.3. The minimum atomic E-state index is 0.112. The Morgan fingerprint density at radius 1 is 1.10 bits per heavy atom. The average Bonchev–Trinajstić information content (AvgIpc) is 2.22. The van der Waals surface area contributed by atoms with Crippen LogP contribution in [0.4, 0.5) is 0 Å². The molecule has 0 spiro atoms. The first-order valence-electron chi connectivity index (χ1n) is 8.23. The zero-order valence-electron chi connectivity index (χ0n) is 12.9. The summed E-state index contributed by atoms with van der Waals surface area (Å²) in [5, 5.41) is 3.45. The van der Waals surface area contributed by atoms with Crippen molar-refractivity contribution in [2.24, 2.45) is 16.7 Å². The number of carbonyl (C=O) groups excluding carboxylic acids is 1. The smallest absolute Gasteiger partial charge is 0.220 e. The average molecular weight is 298 g/mol. The Balaban J connectivity index is 1.68. The molecule has 2 nitrogen and oxygen atoms in total. The van der Waals surface area contributed by atoms with E-state index < -0.39 is 0 Å². The zero-order valence-corrected chi connectivity index (χ0v) is 13.7. The molecule has 3 heteroatoms. The first kappa shape index (κ1) is 14.7. The highest BCUT2D eigenvalue weighted by atomic mass is 35.5. The second-order valence-electron chi connectivity index (χ2n) is 8.60. The van der Waals surface area contributed by atoms with Crippen molar-refractivity contribution in [2.45, 2.75) is 77.2 Å². The molecular formula is C17H28ClNO. The third kappa shape index (κ3) is 2.73. The van der Waals surface area contributed by atoms with Crippen molar-refractivity contribution in [3.63, 3.8) is 0 Å². The highest BCUT2D eigenvalue weighted by Gasteiger charge is 2.60. The second-order valence-corrected chi connectivity index (χ2v) is 8.98. The van der Waals surface area contributed by atoms with Crippen LogP contribution in [0.1, 0.15) is 71.6 Å². The highest BCUT2D eigenvalue weighted by Crippen LogP contribution is 2.66. The van der Waals surface area contributed by atoms with Crippen LogP contribution in [0.3, 0.4) is 0 Å². The van der Waals surface area contributed by atoms with Crippen molar-refractivity contribution in [1.82, 2.24) is 5.32 Å². The van der Waals surface area contributed by atoms with Crippen LogP contribution in [0.2, 0.25) is 0 Å². The Bertz CT molecular complexity index is 390. The first-order valence-corrected chi connectivity index (χ1v) is 8.77. The van der Waals surface area contributed by atoms with Gasteiger partial charge >= 0.3 is 0 Å². The van der Waals surface area contributed by atoms with E-state index in [9.17, 15) is 4.79 Å². The van der Waals surface area contributed by atoms with E-state index in [1.54, 1.807) is 0 Å². The van der Waals surface area contributed by atoms with Gasteiger partial charge in [-0.2, -0.15) is 0 Å². The van der Waals surface area contributed by atoms with Crippen LogP contribution in [0.25, 0.3) is 0 Å². The van der Waals surface area contributed by atoms with E-state index in [4.69, 9.17) is 11.6 Å². The number of nitrogens with one attached hydrogen (secondary N) is 1. The molecule has 4 rings (SSSR count). The summed E-state index contributed by atoms with van der Waals surface area (Å²) in [5.74, 6) is 1.75. The lowest BCUT2D eigenvalue weighted by molar-refractivity contribution is -0.139. The number of hydrogen-bond donors (Lipinski definition) is 1. The summed E-state index contributed by atoms with van der Waals surface area (Å²) in [6.45, 7) is 4.90. The van der Waals surface area contributed by atoms with E-state index in [0.29, 0.717) is 23.1 Å². The summed E-state index contributed by atoms with van der Waals surface area (Å²) in [6.07, 6.45) is 10.3. The molecule has 4 aliphatic rings. The predicted octanol–water partition coefficient (Wildman–Crippen LogP) is 4.26. The zero-order chi connectivity index (χ0) is 14.4. The maximum atomic E-state index is 12.3. The molecule has 0 saturated heterocycles. The van der Waals surface area contributed by atoms with Gasteiger partial charge in [0.05, 0.1) is 0 Å². The Morgan fingerprint density at radius 2 is 1.75 bits per heavy atom. The van der Waals surface area contributed by atoms with Gasteiger partial charge in [0.2, 0.25) is 5.91 Å². The molecule has 0 aromatic carbocycles. The summed E-state index contributed by atoms with van der Waals surface area (Å²) >= 11 is 5.69. The molecule has 4 saturated carbocycles. The predicted molar refractivity (Wildman–Crippen MR) is 82.9 cm³/mol. The molecule has 0 aromatic heterocycles. The van der Waals surface area contributed by atoms with Gasteiger partial charge in [-0.15, -0.1) is 11.6 Å². The molecule has 1 N–H and O–H groups in total. The molecule has 1 amide bonds. The van der Waals surface area contributed by atoms with E-state index in [-0.39, 0.29) is 11.4 Å². The Labute approximate surface area is 128 Å². The molecule has 0 aliphatic heterocycles. The summed E-state index contributed by atoms with van der Waals surface area (Å²) in [5.41, 5.74) is 1.05. The monoisotopic (exact) mass is 297 g/mol. The van der Waals surface area contributed by atoms with E-state index in [1.165, 1.54) is 38.5 Å². The van der Waals surface area contributed by atoms with Gasteiger partial charge in [-0.05, 0) is 68.1 Å². The number of halogens is 1. The van der Waals surface area contributed by atoms with Gasteiger partial charge in [0, 0.05) is 17.8 Å². The number of rotatable bonds is 5. The van der Waals surface area contributed by atoms with Crippen molar-refractivity contribution in [3.05, 3.63) is 0 Å². The van der Waals surface area contributed by atoms with Gasteiger partial charge < -0.3 is 5.32 Å². The molecule has 4 atom stereocenters. The van der Waals surface area contributed by atoms with Crippen LogP contribution in [0, 0.1) is 16.7 Å². The topological polar surface area (TPSA) is 29.1 Å². The van der Waals surface area contributed by atoms with E-state index in [1.807, 2.05) is 0 Å². The third-order valence-electron chi connectivity index (χ3n) is 5.82. The molecule has 0 radical (unpaired) electrons. The largest absolute Gasteiger partial charge is 0.351 e. The fourth-order valence-electron chi connectivity index (χ4n) is 6.33. The molecule has 0 aromatic rings. The van der Waals surface area contributed by atoms with Crippen LogP contribution in [-0.4, -0.2) is 17.3 Å². The Hall–Kier alpha value is -0.240. The van der Waals surface area contributed by atoms with E-state index in [0.717, 1.165) is 18.8 Å². The van der Waals surface area contributed by atoms with Gasteiger partial charge in [-0.3, -0.25) is 4.79 Å². The van der Waals surface area contributed by atoms with Crippen LogP contribution in [0.5, 0.6) is 0 Å². The number of hydrogen-bond acceptors (Lipinski definition) is 1. The Kier molecular flexibility index (Phi) is 3.60. The Morgan fingerprint density at radius 3 is 2.30 bits per heavy atom. The van der Waals surface area contributed by atoms with Gasteiger partial charge in [0.1, 0.15) is 0 Å². The van der Waals surface area contributed by atoms with Gasteiger partial charge in [-0.25, -0.2) is 0 Å². The van der Waals surface area contributed by atoms with Crippen LogP contribution in [0.15, 0.2) is 0 Å². The normalized spacial score (nSPS) is 45.6. The van der Waals surface area contributed by atoms with Crippen molar-refractivity contribution >= 4 is 17.5 Å². The molecular weight excluding hydrogens is 270 g/mol. The first-order chi connectivity index (χ1) is 9.36. The molecule has 20 heavy (non-hydrogen) atoms. The van der Waals surface area contributed by atoms with Crippen LogP contribution in [-0.2, 0) is 4.79 Å². The maximum Gasteiger partial charge on any atom is 0.220 e. The number of unbranched alkanes of at least 4 members (excludes halogenated alkanes) is 1. The third-order valence-corrected chi connectivity index (χ3v) is 6.09.